The van der Waals surface area contributed by atoms with Gasteiger partial charge in [0.05, 0.1) is 12.8 Å². The summed E-state index contributed by atoms with van der Waals surface area (Å²) in [5.74, 6) is 1.43. The summed E-state index contributed by atoms with van der Waals surface area (Å²) in [5, 5.41) is 0. The minimum absolute atomic E-state index is 0.0199. The molecule has 0 saturated carbocycles. The fourth-order valence-electron chi connectivity index (χ4n) is 2.54. The maximum absolute atomic E-state index is 12.4. The fourth-order valence-corrected chi connectivity index (χ4v) is 2.54. The Hall–Kier alpha value is -3.21. The molecule has 0 atom stereocenters. The zero-order chi connectivity index (χ0) is 18.4. The minimum Gasteiger partial charge on any atom is -0.497 e. The van der Waals surface area contributed by atoms with E-state index in [1.165, 1.54) is 0 Å². The first kappa shape index (κ1) is 17.6. The predicted molar refractivity (Wildman–Crippen MR) is 97.3 cm³/mol. The molecule has 0 radical (unpaired) electrons. The van der Waals surface area contributed by atoms with Crippen molar-refractivity contribution < 1.29 is 18.8 Å². The van der Waals surface area contributed by atoms with Crippen LogP contribution in [0.15, 0.2) is 67.0 Å². The minimum atomic E-state index is 0.0199. The number of carbonyl (C=O) groups excluding carboxylic acids is 1. The lowest BCUT2D eigenvalue weighted by atomic mass is 10.1. The van der Waals surface area contributed by atoms with Crippen LogP contribution in [0, 0.1) is 6.92 Å². The van der Waals surface area contributed by atoms with Gasteiger partial charge in [0, 0.05) is 23.4 Å². The van der Waals surface area contributed by atoms with Crippen molar-refractivity contribution >= 4 is 5.78 Å². The predicted octanol–water partition coefficient (Wildman–Crippen LogP) is 3.15. The van der Waals surface area contributed by atoms with Gasteiger partial charge in [-0.15, -0.1) is 0 Å². The van der Waals surface area contributed by atoms with Crippen molar-refractivity contribution in [2.45, 2.75) is 20.1 Å². The number of aromatic nitrogens is 2. The summed E-state index contributed by atoms with van der Waals surface area (Å²) >= 11 is 0. The molecule has 5 nitrogen and oxygen atoms in total. The first-order chi connectivity index (χ1) is 12.6. The second kappa shape index (κ2) is 8.25. The van der Waals surface area contributed by atoms with E-state index in [0.29, 0.717) is 17.9 Å². The Morgan fingerprint density at radius 3 is 2.54 bits per heavy atom. The highest BCUT2D eigenvalue weighted by atomic mass is 16.5. The second-order valence-electron chi connectivity index (χ2n) is 5.92. The summed E-state index contributed by atoms with van der Waals surface area (Å²) in [6.45, 7) is 2.62. The van der Waals surface area contributed by atoms with Gasteiger partial charge in [0.15, 0.2) is 12.4 Å². The number of Topliss-reactive ketones (excluding diaryl/α,β-unsaturated/α-hetero) is 1. The number of hydrogen-bond donors (Lipinski definition) is 0. The summed E-state index contributed by atoms with van der Waals surface area (Å²) in [6, 6.07) is 16.7. The number of nitrogens with zero attached hydrogens (tertiary/aromatic N) is 2. The third-order valence-electron chi connectivity index (χ3n) is 3.91. The Balaban J connectivity index is 1.59. The summed E-state index contributed by atoms with van der Waals surface area (Å²) in [4.78, 5) is 16.8. The van der Waals surface area contributed by atoms with Crippen LogP contribution in [0.5, 0.6) is 11.5 Å². The number of aryl methyl sites for hydroxylation is 1. The van der Waals surface area contributed by atoms with E-state index in [0.717, 1.165) is 17.1 Å². The van der Waals surface area contributed by atoms with Gasteiger partial charge in [0.2, 0.25) is 12.3 Å². The molecular formula is C21H21N2O3+. The van der Waals surface area contributed by atoms with Crippen LogP contribution in [0.4, 0.5) is 0 Å². The quantitative estimate of drug-likeness (QED) is 0.486. The number of pyridine rings is 2. The van der Waals surface area contributed by atoms with Crippen LogP contribution in [-0.4, -0.2) is 17.9 Å². The van der Waals surface area contributed by atoms with E-state index in [9.17, 15) is 4.79 Å². The maximum Gasteiger partial charge on any atom is 0.227 e. The molecule has 0 N–H and O–H groups in total. The van der Waals surface area contributed by atoms with E-state index in [-0.39, 0.29) is 12.3 Å². The Morgan fingerprint density at radius 2 is 1.81 bits per heavy atom. The van der Waals surface area contributed by atoms with Crippen LogP contribution >= 0.6 is 0 Å². The molecule has 2 heterocycles. The van der Waals surface area contributed by atoms with Gasteiger partial charge in [0.25, 0.3) is 0 Å². The monoisotopic (exact) mass is 349 g/mol. The molecule has 2 aromatic heterocycles. The van der Waals surface area contributed by atoms with Gasteiger partial charge in [-0.2, -0.15) is 4.57 Å². The summed E-state index contributed by atoms with van der Waals surface area (Å²) in [5.41, 5.74) is 2.48. The summed E-state index contributed by atoms with van der Waals surface area (Å²) in [6.07, 6.45) is 3.66. The zero-order valence-corrected chi connectivity index (χ0v) is 14.9. The van der Waals surface area contributed by atoms with Gasteiger partial charge in [-0.1, -0.05) is 18.2 Å². The number of benzene rings is 1. The highest BCUT2D eigenvalue weighted by Crippen LogP contribution is 2.13. The molecule has 3 rings (SSSR count). The van der Waals surface area contributed by atoms with Crippen molar-refractivity contribution in [1.29, 1.82) is 0 Å². The molecule has 26 heavy (non-hydrogen) atoms. The zero-order valence-electron chi connectivity index (χ0n) is 14.9. The van der Waals surface area contributed by atoms with Crippen molar-refractivity contribution in [3.63, 3.8) is 0 Å². The van der Waals surface area contributed by atoms with E-state index in [1.54, 1.807) is 19.2 Å². The van der Waals surface area contributed by atoms with Crippen LogP contribution in [0.2, 0.25) is 0 Å². The molecule has 1 aromatic carbocycles. The second-order valence-corrected chi connectivity index (χ2v) is 5.92. The molecule has 3 aromatic rings. The molecule has 0 bridgehead atoms. The van der Waals surface area contributed by atoms with Crippen molar-refractivity contribution in [3.8, 4) is 11.5 Å². The highest BCUT2D eigenvalue weighted by molar-refractivity contribution is 5.95. The number of ketones is 1. The molecule has 132 valence electrons. The smallest absolute Gasteiger partial charge is 0.227 e. The molecule has 0 unspecified atom stereocenters. The van der Waals surface area contributed by atoms with Crippen molar-refractivity contribution in [2.75, 3.05) is 7.11 Å². The highest BCUT2D eigenvalue weighted by Gasteiger charge is 2.13. The van der Waals surface area contributed by atoms with E-state index in [4.69, 9.17) is 9.47 Å². The number of hydrogen-bond acceptors (Lipinski definition) is 4. The Morgan fingerprint density at radius 1 is 1.04 bits per heavy atom. The van der Waals surface area contributed by atoms with E-state index in [1.807, 2.05) is 66.3 Å². The topological polar surface area (TPSA) is 52.3 Å². The molecular weight excluding hydrogens is 328 g/mol. The SMILES string of the molecule is COc1cccc(C(=O)C[n+]2ccc(OCc3cccc(C)n3)cc2)c1. The number of carbonyl (C=O) groups is 1. The van der Waals surface area contributed by atoms with Gasteiger partial charge in [-0.05, 0) is 31.2 Å². The Bertz CT molecular complexity index is 892. The van der Waals surface area contributed by atoms with Gasteiger partial charge < -0.3 is 9.47 Å². The van der Waals surface area contributed by atoms with E-state index < -0.39 is 0 Å². The average Bonchev–Trinajstić information content (AvgIpc) is 2.67. The molecule has 0 aliphatic heterocycles. The summed E-state index contributed by atoms with van der Waals surface area (Å²) < 4.78 is 12.7. The number of rotatable bonds is 7. The normalized spacial score (nSPS) is 10.4. The van der Waals surface area contributed by atoms with Crippen LogP contribution < -0.4 is 14.0 Å². The van der Waals surface area contributed by atoms with Gasteiger partial charge in [0.1, 0.15) is 18.1 Å². The van der Waals surface area contributed by atoms with Crippen LogP contribution in [0.25, 0.3) is 0 Å². The van der Waals surface area contributed by atoms with Gasteiger partial charge >= 0.3 is 0 Å². The Kier molecular flexibility index (Phi) is 5.59. The third kappa shape index (κ3) is 4.66. The van der Waals surface area contributed by atoms with Crippen molar-refractivity contribution in [2.24, 2.45) is 0 Å². The van der Waals surface area contributed by atoms with Crippen LogP contribution in [0.3, 0.4) is 0 Å². The van der Waals surface area contributed by atoms with Gasteiger partial charge in [-0.3, -0.25) is 9.78 Å². The van der Waals surface area contributed by atoms with E-state index >= 15 is 0 Å². The lowest BCUT2D eigenvalue weighted by molar-refractivity contribution is -0.683. The average molecular weight is 349 g/mol. The van der Waals surface area contributed by atoms with Crippen LogP contribution in [-0.2, 0) is 13.2 Å². The molecule has 5 heteroatoms. The van der Waals surface area contributed by atoms with Crippen molar-refractivity contribution in [3.05, 3.63) is 83.9 Å². The first-order valence-corrected chi connectivity index (χ1v) is 8.36. The molecule has 0 saturated heterocycles. The van der Waals surface area contributed by atoms with Gasteiger partial charge in [-0.25, -0.2) is 0 Å². The van der Waals surface area contributed by atoms with Crippen LogP contribution in [0.1, 0.15) is 21.7 Å². The largest absolute Gasteiger partial charge is 0.497 e. The number of ether oxygens (including phenoxy) is 2. The number of methoxy groups -OCH3 is 1. The lowest BCUT2D eigenvalue weighted by Gasteiger charge is -2.06. The molecule has 0 amide bonds. The van der Waals surface area contributed by atoms with E-state index in [2.05, 4.69) is 4.98 Å². The third-order valence-corrected chi connectivity index (χ3v) is 3.91. The molecule has 0 spiro atoms. The Labute approximate surface area is 152 Å². The fraction of sp³-hybridized carbons (Fsp3) is 0.190. The molecule has 0 aliphatic rings. The standard InChI is InChI=1S/C21H21N2O3/c1-16-5-3-7-18(22-16)15-26-19-9-11-23(12-10-19)14-21(24)17-6-4-8-20(13-17)25-2/h3-13H,14-15H2,1-2H3/q+1. The summed E-state index contributed by atoms with van der Waals surface area (Å²) in [7, 11) is 1.59. The molecule has 0 fully saturated rings. The molecule has 0 aliphatic carbocycles. The maximum atomic E-state index is 12.4. The first-order valence-electron chi connectivity index (χ1n) is 8.36. The van der Waals surface area contributed by atoms with Crippen molar-refractivity contribution in [1.82, 2.24) is 4.98 Å². The lowest BCUT2D eigenvalue weighted by Crippen LogP contribution is -2.37.